The Balaban J connectivity index is 0.00000361. The first kappa shape index (κ1) is 19.1. The van der Waals surface area contributed by atoms with Gasteiger partial charge in [-0.15, -0.1) is 12.4 Å². The van der Waals surface area contributed by atoms with Crippen LogP contribution in [0.25, 0.3) is 0 Å². The number of hydrogen-bond acceptors (Lipinski definition) is 3. The summed E-state index contributed by atoms with van der Waals surface area (Å²) in [5.41, 5.74) is -0.408. The highest BCUT2D eigenvalue weighted by Gasteiger charge is 2.42. The monoisotopic (exact) mass is 313 g/mol. The lowest BCUT2D eigenvalue weighted by atomic mass is 10.1. The Labute approximate surface area is 123 Å². The highest BCUT2D eigenvalue weighted by atomic mass is 35.5. The van der Waals surface area contributed by atoms with E-state index < -0.39 is 42.4 Å². The second kappa shape index (κ2) is 6.67. The van der Waals surface area contributed by atoms with E-state index in [0.717, 1.165) is 0 Å². The molecule has 2 unspecified atom stereocenters. The number of hydrogen-bond donors (Lipinski definition) is 3. The summed E-state index contributed by atoms with van der Waals surface area (Å²) in [6.07, 6.45) is -0.535. The molecule has 0 aromatic rings. The zero-order valence-corrected chi connectivity index (χ0v) is 12.9. The summed E-state index contributed by atoms with van der Waals surface area (Å²) in [4.78, 5) is 23.5. The number of halogens is 3. The molecule has 2 amide bonds. The lowest BCUT2D eigenvalue weighted by Crippen LogP contribution is -2.53. The van der Waals surface area contributed by atoms with Crippen molar-refractivity contribution < 1.29 is 18.4 Å². The van der Waals surface area contributed by atoms with Gasteiger partial charge in [0.1, 0.15) is 6.04 Å². The average molecular weight is 314 g/mol. The molecule has 1 heterocycles. The van der Waals surface area contributed by atoms with Crippen molar-refractivity contribution >= 4 is 24.2 Å². The lowest BCUT2D eigenvalue weighted by molar-refractivity contribution is -0.130. The number of nitrogens with one attached hydrogen (secondary N) is 3. The molecule has 1 fully saturated rings. The Kier molecular flexibility index (Phi) is 6.35. The number of rotatable bonds is 3. The molecule has 3 N–H and O–H groups in total. The van der Waals surface area contributed by atoms with Crippen molar-refractivity contribution in [2.75, 3.05) is 6.54 Å². The summed E-state index contributed by atoms with van der Waals surface area (Å²) in [5.74, 6) is -3.78. The van der Waals surface area contributed by atoms with Crippen LogP contribution in [0.3, 0.4) is 0 Å². The molecular weight excluding hydrogens is 292 g/mol. The van der Waals surface area contributed by atoms with Crippen LogP contribution in [0.2, 0.25) is 0 Å². The molecule has 1 aliphatic heterocycles. The molecule has 0 aliphatic carbocycles. The molecule has 0 saturated carbocycles. The second-order valence-electron chi connectivity index (χ2n) is 5.96. The van der Waals surface area contributed by atoms with Gasteiger partial charge in [0, 0.05) is 12.0 Å². The van der Waals surface area contributed by atoms with Crippen LogP contribution in [0.1, 0.15) is 34.1 Å². The Hall–Kier alpha value is -0.950. The molecule has 1 rings (SSSR count). The molecule has 1 saturated heterocycles. The minimum Gasteiger partial charge on any atom is -0.350 e. The maximum atomic E-state index is 13.0. The third kappa shape index (κ3) is 6.00. The van der Waals surface area contributed by atoms with Gasteiger partial charge in [0.25, 0.3) is 5.92 Å². The third-order valence-corrected chi connectivity index (χ3v) is 2.68. The summed E-state index contributed by atoms with van der Waals surface area (Å²) in [6, 6.07) is -1.71. The summed E-state index contributed by atoms with van der Waals surface area (Å²) < 4.78 is 25.9. The Bertz CT molecular complexity index is 372. The quantitative estimate of drug-likeness (QED) is 0.722. The van der Waals surface area contributed by atoms with Gasteiger partial charge in [0.2, 0.25) is 11.8 Å². The normalized spacial score (nSPS) is 22.6. The van der Waals surface area contributed by atoms with Gasteiger partial charge in [0.05, 0.1) is 12.6 Å². The van der Waals surface area contributed by atoms with E-state index in [-0.39, 0.29) is 18.3 Å². The zero-order valence-electron chi connectivity index (χ0n) is 12.0. The van der Waals surface area contributed by atoms with Crippen molar-refractivity contribution in [3.05, 3.63) is 0 Å². The first-order chi connectivity index (χ1) is 8.50. The summed E-state index contributed by atoms with van der Waals surface area (Å²) in [7, 11) is 0. The van der Waals surface area contributed by atoms with E-state index in [1.165, 1.54) is 6.92 Å². The van der Waals surface area contributed by atoms with E-state index in [1.54, 1.807) is 0 Å². The fourth-order valence-electron chi connectivity index (χ4n) is 1.76. The van der Waals surface area contributed by atoms with Gasteiger partial charge in [-0.1, -0.05) is 0 Å². The van der Waals surface area contributed by atoms with Gasteiger partial charge < -0.3 is 10.6 Å². The predicted octanol–water partition coefficient (Wildman–Crippen LogP) is 0.825. The maximum Gasteiger partial charge on any atom is 0.262 e. The van der Waals surface area contributed by atoms with Crippen LogP contribution in [-0.4, -0.2) is 41.9 Å². The van der Waals surface area contributed by atoms with E-state index in [9.17, 15) is 18.4 Å². The van der Waals surface area contributed by atoms with Crippen LogP contribution in [0.15, 0.2) is 0 Å². The van der Waals surface area contributed by atoms with Gasteiger partial charge in [-0.25, -0.2) is 8.78 Å². The number of amides is 2. The van der Waals surface area contributed by atoms with Crippen LogP contribution in [0.5, 0.6) is 0 Å². The van der Waals surface area contributed by atoms with Crippen LogP contribution < -0.4 is 16.0 Å². The van der Waals surface area contributed by atoms with Gasteiger partial charge in [-0.3, -0.25) is 14.9 Å². The van der Waals surface area contributed by atoms with E-state index in [4.69, 9.17) is 0 Å². The second-order valence-corrected chi connectivity index (χ2v) is 5.96. The van der Waals surface area contributed by atoms with Crippen molar-refractivity contribution in [1.82, 2.24) is 16.0 Å². The molecule has 1 aliphatic rings. The molecule has 0 bridgehead atoms. The molecule has 0 spiro atoms. The standard InChI is InChI=1S/C12H21F2N3O2.ClH/c1-7(9(18)17-11(2,3)4)16-10(19)8-5-12(13,14)6-15-8;/h7-8,15H,5-6H2,1-4H3,(H,16,19)(H,17,18);1H. The topological polar surface area (TPSA) is 70.2 Å². The Morgan fingerprint density at radius 1 is 1.35 bits per heavy atom. The molecule has 5 nitrogen and oxygen atoms in total. The van der Waals surface area contributed by atoms with Gasteiger partial charge in [-0.05, 0) is 27.7 Å². The highest BCUT2D eigenvalue weighted by Crippen LogP contribution is 2.25. The van der Waals surface area contributed by atoms with Gasteiger partial charge in [0.15, 0.2) is 0 Å². The predicted molar refractivity (Wildman–Crippen MR) is 74.1 cm³/mol. The van der Waals surface area contributed by atoms with Crippen LogP contribution in [0, 0.1) is 0 Å². The van der Waals surface area contributed by atoms with Crippen molar-refractivity contribution in [2.45, 2.75) is 57.7 Å². The number of carbonyl (C=O) groups is 2. The SMILES string of the molecule is CC(NC(=O)C1CC(F)(F)CN1)C(=O)NC(C)(C)C.Cl. The van der Waals surface area contributed by atoms with Crippen molar-refractivity contribution in [2.24, 2.45) is 0 Å². The van der Waals surface area contributed by atoms with Gasteiger partial charge >= 0.3 is 0 Å². The smallest absolute Gasteiger partial charge is 0.262 e. The van der Waals surface area contributed by atoms with Crippen molar-refractivity contribution in [1.29, 1.82) is 0 Å². The molecule has 118 valence electrons. The molecule has 0 aromatic carbocycles. The summed E-state index contributed by atoms with van der Waals surface area (Å²) in [6.45, 7) is 6.47. The first-order valence-corrected chi connectivity index (χ1v) is 6.24. The van der Waals surface area contributed by atoms with E-state index in [1.807, 2.05) is 20.8 Å². The molecule has 2 atom stereocenters. The molecule has 0 radical (unpaired) electrons. The molecule has 20 heavy (non-hydrogen) atoms. The zero-order chi connectivity index (χ0) is 14.8. The Morgan fingerprint density at radius 3 is 2.30 bits per heavy atom. The maximum absolute atomic E-state index is 13.0. The fourth-order valence-corrected chi connectivity index (χ4v) is 1.76. The van der Waals surface area contributed by atoms with E-state index in [0.29, 0.717) is 0 Å². The van der Waals surface area contributed by atoms with Crippen LogP contribution in [0.4, 0.5) is 8.78 Å². The van der Waals surface area contributed by atoms with Crippen LogP contribution >= 0.6 is 12.4 Å². The minimum atomic E-state index is -2.86. The number of alkyl halides is 2. The van der Waals surface area contributed by atoms with Crippen LogP contribution in [-0.2, 0) is 9.59 Å². The molecule has 8 heteroatoms. The fraction of sp³-hybridized carbons (Fsp3) is 0.833. The summed E-state index contributed by atoms with van der Waals surface area (Å²) >= 11 is 0. The van der Waals surface area contributed by atoms with E-state index in [2.05, 4.69) is 16.0 Å². The largest absolute Gasteiger partial charge is 0.350 e. The molecule has 0 aromatic heterocycles. The van der Waals surface area contributed by atoms with Crippen molar-refractivity contribution in [3.63, 3.8) is 0 Å². The van der Waals surface area contributed by atoms with E-state index >= 15 is 0 Å². The minimum absolute atomic E-state index is 0. The van der Waals surface area contributed by atoms with Gasteiger partial charge in [-0.2, -0.15) is 0 Å². The first-order valence-electron chi connectivity index (χ1n) is 6.24. The summed E-state index contributed by atoms with van der Waals surface area (Å²) in [5, 5.41) is 7.59. The Morgan fingerprint density at radius 2 is 1.90 bits per heavy atom. The lowest BCUT2D eigenvalue weighted by Gasteiger charge is -2.24. The third-order valence-electron chi connectivity index (χ3n) is 2.68. The average Bonchev–Trinajstić information content (AvgIpc) is 2.56. The molecular formula is C12H22ClF2N3O2. The number of carbonyl (C=O) groups excluding carboxylic acids is 2. The van der Waals surface area contributed by atoms with Crippen molar-refractivity contribution in [3.8, 4) is 0 Å². The highest BCUT2D eigenvalue weighted by molar-refractivity contribution is 5.90.